The lowest BCUT2D eigenvalue weighted by Crippen LogP contribution is -2.02. The van der Waals surface area contributed by atoms with Gasteiger partial charge in [0.05, 0.1) is 23.6 Å². The van der Waals surface area contributed by atoms with E-state index in [4.69, 9.17) is 11.6 Å². The predicted molar refractivity (Wildman–Crippen MR) is 84.5 cm³/mol. The molecule has 0 N–H and O–H groups in total. The Morgan fingerprint density at radius 3 is 2.90 bits per heavy atom. The van der Waals surface area contributed by atoms with Crippen molar-refractivity contribution in [3.8, 4) is 0 Å². The largest absolute Gasteiger partial charge is 0.253 e. The first-order valence-corrected chi connectivity index (χ1v) is 7.50. The zero-order valence-corrected chi connectivity index (χ0v) is 12.9. The van der Waals surface area contributed by atoms with Crippen molar-refractivity contribution in [1.82, 2.24) is 20.0 Å². The van der Waals surface area contributed by atoms with Crippen molar-refractivity contribution in [1.29, 1.82) is 0 Å². The molecule has 1 unspecified atom stereocenters. The summed E-state index contributed by atoms with van der Waals surface area (Å²) in [6.07, 6.45) is 2.77. The molecule has 0 aliphatic heterocycles. The van der Waals surface area contributed by atoms with Crippen molar-refractivity contribution in [3.63, 3.8) is 0 Å². The van der Waals surface area contributed by atoms with Crippen LogP contribution in [0.2, 0.25) is 0 Å². The summed E-state index contributed by atoms with van der Waals surface area (Å²) in [6.45, 7) is 4.72. The normalized spacial score (nSPS) is 12.7. The van der Waals surface area contributed by atoms with Crippen LogP contribution in [0.1, 0.15) is 35.7 Å². The van der Waals surface area contributed by atoms with Gasteiger partial charge in [-0.05, 0) is 31.0 Å². The molecule has 21 heavy (non-hydrogen) atoms. The van der Waals surface area contributed by atoms with E-state index in [9.17, 15) is 0 Å². The first kappa shape index (κ1) is 14.0. The Morgan fingerprint density at radius 2 is 2.10 bits per heavy atom. The monoisotopic (exact) mass is 300 g/mol. The van der Waals surface area contributed by atoms with Crippen LogP contribution in [0.4, 0.5) is 0 Å². The summed E-state index contributed by atoms with van der Waals surface area (Å²) in [5.74, 6) is 0. The highest BCUT2D eigenvalue weighted by molar-refractivity contribution is 6.20. The number of rotatable bonds is 4. The Morgan fingerprint density at radius 1 is 1.29 bits per heavy atom. The number of benzene rings is 1. The fourth-order valence-electron chi connectivity index (χ4n) is 2.44. The number of pyridine rings is 1. The molecular formula is C16H17ClN4. The number of halogens is 1. The summed E-state index contributed by atoms with van der Waals surface area (Å²) in [6, 6.07) is 10.3. The molecular weight excluding hydrogens is 284 g/mol. The number of para-hydroxylation sites is 1. The van der Waals surface area contributed by atoms with Crippen LogP contribution in [-0.4, -0.2) is 20.0 Å². The molecule has 3 aromatic rings. The third-order valence-corrected chi connectivity index (χ3v) is 4.03. The van der Waals surface area contributed by atoms with Gasteiger partial charge in [-0.2, -0.15) is 0 Å². The van der Waals surface area contributed by atoms with Gasteiger partial charge in [0.25, 0.3) is 0 Å². The predicted octanol–water partition coefficient (Wildman–Crippen LogP) is 3.87. The molecule has 4 nitrogen and oxygen atoms in total. The van der Waals surface area contributed by atoms with Crippen LogP contribution in [-0.2, 0) is 6.54 Å². The smallest absolute Gasteiger partial charge is 0.101 e. The van der Waals surface area contributed by atoms with Gasteiger partial charge in [0.2, 0.25) is 0 Å². The molecule has 0 fully saturated rings. The molecule has 0 amide bonds. The Labute approximate surface area is 128 Å². The van der Waals surface area contributed by atoms with Gasteiger partial charge < -0.3 is 0 Å². The van der Waals surface area contributed by atoms with Crippen LogP contribution in [0, 0.1) is 6.92 Å². The quantitative estimate of drug-likeness (QED) is 0.687. The number of fused-ring (bicyclic) bond motifs is 1. The van der Waals surface area contributed by atoms with Crippen LogP contribution in [0.25, 0.3) is 10.9 Å². The third-order valence-electron chi connectivity index (χ3n) is 3.50. The molecule has 0 saturated carbocycles. The summed E-state index contributed by atoms with van der Waals surface area (Å²) in [5.41, 5.74) is 4.04. The highest BCUT2D eigenvalue weighted by atomic mass is 35.5. The third kappa shape index (κ3) is 2.90. The van der Waals surface area contributed by atoms with E-state index in [0.717, 1.165) is 28.7 Å². The minimum Gasteiger partial charge on any atom is -0.253 e. The fourth-order valence-corrected chi connectivity index (χ4v) is 2.54. The maximum absolute atomic E-state index is 6.20. The standard InChI is InChI=1S/C16H17ClN4/c1-3-14(17)16-10-21(20-19-16)9-12-8-11(2)18-15-7-5-4-6-13(12)15/h4-8,10,14H,3,9H2,1-2H3. The molecule has 1 atom stereocenters. The topological polar surface area (TPSA) is 43.6 Å². The van der Waals surface area contributed by atoms with Crippen LogP contribution in [0.3, 0.4) is 0 Å². The lowest BCUT2D eigenvalue weighted by atomic mass is 10.1. The van der Waals surface area contributed by atoms with E-state index in [2.05, 4.69) is 27.4 Å². The van der Waals surface area contributed by atoms with Crippen molar-refractivity contribution >= 4 is 22.5 Å². The van der Waals surface area contributed by atoms with Gasteiger partial charge in [0.1, 0.15) is 5.69 Å². The van der Waals surface area contributed by atoms with Crippen LogP contribution < -0.4 is 0 Å². The summed E-state index contributed by atoms with van der Waals surface area (Å²) in [7, 11) is 0. The fraction of sp³-hybridized carbons (Fsp3) is 0.312. The van der Waals surface area contributed by atoms with E-state index in [-0.39, 0.29) is 5.38 Å². The van der Waals surface area contributed by atoms with E-state index in [1.165, 1.54) is 5.56 Å². The molecule has 0 saturated heterocycles. The van der Waals surface area contributed by atoms with Crippen LogP contribution >= 0.6 is 11.6 Å². The van der Waals surface area contributed by atoms with E-state index < -0.39 is 0 Å². The van der Waals surface area contributed by atoms with Gasteiger partial charge in [-0.25, -0.2) is 4.68 Å². The van der Waals surface area contributed by atoms with E-state index >= 15 is 0 Å². The number of aromatic nitrogens is 4. The van der Waals surface area contributed by atoms with E-state index in [1.807, 2.05) is 42.9 Å². The Kier molecular flexibility index (Phi) is 3.88. The number of hydrogen-bond acceptors (Lipinski definition) is 3. The maximum Gasteiger partial charge on any atom is 0.101 e. The molecule has 0 radical (unpaired) electrons. The second-order valence-corrected chi connectivity index (χ2v) is 5.68. The first-order chi connectivity index (χ1) is 10.2. The van der Waals surface area contributed by atoms with Gasteiger partial charge in [-0.15, -0.1) is 16.7 Å². The van der Waals surface area contributed by atoms with Gasteiger partial charge >= 0.3 is 0 Å². The van der Waals surface area contributed by atoms with Gasteiger partial charge in [-0.3, -0.25) is 4.98 Å². The maximum atomic E-state index is 6.20. The Bertz CT molecular complexity index is 766. The molecule has 5 heteroatoms. The highest BCUT2D eigenvalue weighted by Gasteiger charge is 2.11. The Balaban J connectivity index is 1.96. The number of aryl methyl sites for hydroxylation is 1. The Hall–Kier alpha value is -1.94. The first-order valence-electron chi connectivity index (χ1n) is 7.06. The van der Waals surface area contributed by atoms with Gasteiger partial charge in [-0.1, -0.05) is 30.3 Å². The molecule has 2 aromatic heterocycles. The van der Waals surface area contributed by atoms with Crippen molar-refractivity contribution in [2.75, 3.05) is 0 Å². The minimum absolute atomic E-state index is 0.0744. The summed E-state index contributed by atoms with van der Waals surface area (Å²) >= 11 is 6.20. The van der Waals surface area contributed by atoms with Crippen molar-refractivity contribution in [2.45, 2.75) is 32.2 Å². The van der Waals surface area contributed by atoms with Crippen molar-refractivity contribution in [2.24, 2.45) is 0 Å². The van der Waals surface area contributed by atoms with E-state index in [1.54, 1.807) is 0 Å². The molecule has 0 aliphatic carbocycles. The van der Waals surface area contributed by atoms with Crippen molar-refractivity contribution < 1.29 is 0 Å². The molecule has 0 spiro atoms. The van der Waals surface area contributed by atoms with Gasteiger partial charge in [0.15, 0.2) is 0 Å². The van der Waals surface area contributed by atoms with Crippen LogP contribution in [0.15, 0.2) is 36.5 Å². The molecule has 108 valence electrons. The lowest BCUT2D eigenvalue weighted by molar-refractivity contribution is 0.651. The second-order valence-electron chi connectivity index (χ2n) is 5.16. The molecule has 1 aromatic carbocycles. The zero-order chi connectivity index (χ0) is 14.8. The number of hydrogen-bond donors (Lipinski definition) is 0. The number of nitrogens with zero attached hydrogens (tertiary/aromatic N) is 4. The zero-order valence-electron chi connectivity index (χ0n) is 12.1. The molecule has 2 heterocycles. The van der Waals surface area contributed by atoms with Crippen molar-refractivity contribution in [3.05, 3.63) is 53.5 Å². The highest BCUT2D eigenvalue weighted by Crippen LogP contribution is 2.22. The SMILES string of the molecule is CCC(Cl)c1cn(Cc2cc(C)nc3ccccc23)nn1. The minimum atomic E-state index is -0.0744. The summed E-state index contributed by atoms with van der Waals surface area (Å²) in [5, 5.41) is 9.41. The summed E-state index contributed by atoms with van der Waals surface area (Å²) in [4.78, 5) is 4.56. The van der Waals surface area contributed by atoms with Gasteiger partial charge in [0, 0.05) is 11.1 Å². The molecule has 0 bridgehead atoms. The number of alkyl halides is 1. The average Bonchev–Trinajstić information content (AvgIpc) is 2.95. The summed E-state index contributed by atoms with van der Waals surface area (Å²) < 4.78 is 1.83. The van der Waals surface area contributed by atoms with Crippen LogP contribution in [0.5, 0.6) is 0 Å². The lowest BCUT2D eigenvalue weighted by Gasteiger charge is -2.07. The average molecular weight is 301 g/mol. The molecule has 0 aliphatic rings. The second kappa shape index (κ2) is 5.82. The molecule has 3 rings (SSSR count). The van der Waals surface area contributed by atoms with E-state index in [0.29, 0.717) is 6.54 Å².